The van der Waals surface area contributed by atoms with Crippen LogP contribution < -0.4 is 15.4 Å². The molecule has 1 aromatic carbocycles. The van der Waals surface area contributed by atoms with E-state index in [1.54, 1.807) is 19.2 Å². The standard InChI is InChI=1S/C9H13N3O2S2/c1-10-9(15)12-7-3-5-8(6-4-7)16(13,14)11-2/h3-6,11H,1-2H3,(H2,10,12,15). The Bertz CT molecular complexity index is 468. The molecule has 1 rings (SSSR count). The van der Waals surface area contributed by atoms with E-state index in [-0.39, 0.29) is 4.90 Å². The number of anilines is 1. The fourth-order valence-corrected chi connectivity index (χ4v) is 1.88. The van der Waals surface area contributed by atoms with E-state index in [9.17, 15) is 8.42 Å². The minimum Gasteiger partial charge on any atom is -0.366 e. The van der Waals surface area contributed by atoms with Crippen LogP contribution in [0.5, 0.6) is 0 Å². The van der Waals surface area contributed by atoms with Gasteiger partial charge in [0.2, 0.25) is 10.0 Å². The van der Waals surface area contributed by atoms with E-state index >= 15 is 0 Å². The van der Waals surface area contributed by atoms with Crippen molar-refractivity contribution in [3.63, 3.8) is 0 Å². The minimum absolute atomic E-state index is 0.218. The van der Waals surface area contributed by atoms with Crippen LogP contribution in [0.25, 0.3) is 0 Å². The predicted octanol–water partition coefficient (Wildman–Crippen LogP) is 0.511. The lowest BCUT2D eigenvalue weighted by molar-refractivity contribution is 0.588. The van der Waals surface area contributed by atoms with E-state index in [1.807, 2.05) is 0 Å². The normalized spacial score (nSPS) is 10.9. The van der Waals surface area contributed by atoms with Gasteiger partial charge >= 0.3 is 0 Å². The van der Waals surface area contributed by atoms with Gasteiger partial charge in [-0.1, -0.05) is 0 Å². The summed E-state index contributed by atoms with van der Waals surface area (Å²) in [5.74, 6) is 0. The molecule has 0 aromatic heterocycles. The van der Waals surface area contributed by atoms with Gasteiger partial charge in [0, 0.05) is 12.7 Å². The number of thiocarbonyl (C=S) groups is 1. The molecule has 0 aliphatic heterocycles. The summed E-state index contributed by atoms with van der Waals surface area (Å²) in [7, 11) is -0.299. The maximum Gasteiger partial charge on any atom is 0.240 e. The van der Waals surface area contributed by atoms with Crippen molar-refractivity contribution in [2.75, 3.05) is 19.4 Å². The van der Waals surface area contributed by atoms with Gasteiger partial charge in [-0.15, -0.1) is 0 Å². The average molecular weight is 259 g/mol. The van der Waals surface area contributed by atoms with Gasteiger partial charge in [0.05, 0.1) is 4.90 Å². The number of benzene rings is 1. The highest BCUT2D eigenvalue weighted by Crippen LogP contribution is 2.13. The van der Waals surface area contributed by atoms with E-state index in [4.69, 9.17) is 12.2 Å². The molecule has 1 aromatic rings. The molecule has 16 heavy (non-hydrogen) atoms. The monoisotopic (exact) mass is 259 g/mol. The Balaban J connectivity index is 2.88. The molecule has 5 nitrogen and oxygen atoms in total. The van der Waals surface area contributed by atoms with E-state index in [0.717, 1.165) is 5.69 Å². The van der Waals surface area contributed by atoms with Gasteiger partial charge in [-0.3, -0.25) is 0 Å². The molecule has 0 aliphatic rings. The molecular formula is C9H13N3O2S2. The number of sulfonamides is 1. The zero-order valence-electron chi connectivity index (χ0n) is 8.94. The molecule has 88 valence electrons. The summed E-state index contributed by atoms with van der Waals surface area (Å²) in [6.07, 6.45) is 0. The SMILES string of the molecule is CNC(=S)Nc1ccc(S(=O)(=O)NC)cc1. The molecule has 0 bridgehead atoms. The first-order valence-corrected chi connectivity index (χ1v) is 6.41. The first kappa shape index (κ1) is 12.9. The first-order chi connectivity index (χ1) is 7.49. The second-order valence-corrected chi connectivity index (χ2v) is 5.23. The largest absolute Gasteiger partial charge is 0.366 e. The lowest BCUT2D eigenvalue weighted by atomic mass is 10.3. The summed E-state index contributed by atoms with van der Waals surface area (Å²) in [6, 6.07) is 6.31. The molecule has 3 N–H and O–H groups in total. The Morgan fingerprint density at radius 1 is 1.19 bits per heavy atom. The molecular weight excluding hydrogens is 246 g/mol. The third kappa shape index (κ3) is 3.16. The van der Waals surface area contributed by atoms with E-state index in [1.165, 1.54) is 19.2 Å². The molecule has 0 fully saturated rings. The van der Waals surface area contributed by atoms with Crippen molar-refractivity contribution < 1.29 is 8.42 Å². The highest BCUT2D eigenvalue weighted by atomic mass is 32.2. The molecule has 0 radical (unpaired) electrons. The van der Waals surface area contributed by atoms with Crippen molar-refractivity contribution >= 4 is 33.0 Å². The van der Waals surface area contributed by atoms with Gasteiger partial charge in [-0.05, 0) is 43.5 Å². The first-order valence-electron chi connectivity index (χ1n) is 4.52. The summed E-state index contributed by atoms with van der Waals surface area (Å²) < 4.78 is 25.1. The average Bonchev–Trinajstić information content (AvgIpc) is 2.29. The van der Waals surface area contributed by atoms with Crippen LogP contribution in [0.2, 0.25) is 0 Å². The molecule has 0 spiro atoms. The number of hydrogen-bond acceptors (Lipinski definition) is 3. The maximum absolute atomic E-state index is 11.4. The van der Waals surface area contributed by atoms with Crippen molar-refractivity contribution in [2.45, 2.75) is 4.90 Å². The summed E-state index contributed by atoms with van der Waals surface area (Å²) in [4.78, 5) is 0.218. The van der Waals surface area contributed by atoms with Crippen LogP contribution in [0.4, 0.5) is 5.69 Å². The van der Waals surface area contributed by atoms with Crippen molar-refractivity contribution in [2.24, 2.45) is 0 Å². The van der Waals surface area contributed by atoms with Crippen LogP contribution in [0, 0.1) is 0 Å². The Morgan fingerprint density at radius 3 is 2.19 bits per heavy atom. The Hall–Kier alpha value is -1.18. The Morgan fingerprint density at radius 2 is 1.75 bits per heavy atom. The van der Waals surface area contributed by atoms with Gasteiger partial charge in [0.25, 0.3) is 0 Å². The van der Waals surface area contributed by atoms with Crippen LogP contribution in [0.1, 0.15) is 0 Å². The van der Waals surface area contributed by atoms with Crippen LogP contribution >= 0.6 is 12.2 Å². The molecule has 0 amide bonds. The number of hydrogen-bond donors (Lipinski definition) is 3. The van der Waals surface area contributed by atoms with Gasteiger partial charge in [0.15, 0.2) is 5.11 Å². The second kappa shape index (κ2) is 5.24. The lowest BCUT2D eigenvalue weighted by Crippen LogP contribution is -2.24. The van der Waals surface area contributed by atoms with Crippen molar-refractivity contribution in [1.29, 1.82) is 0 Å². The van der Waals surface area contributed by atoms with Gasteiger partial charge in [-0.2, -0.15) is 0 Å². The van der Waals surface area contributed by atoms with Crippen molar-refractivity contribution in [3.05, 3.63) is 24.3 Å². The smallest absolute Gasteiger partial charge is 0.240 e. The molecule has 0 saturated heterocycles. The number of nitrogens with one attached hydrogen (secondary N) is 3. The van der Waals surface area contributed by atoms with Gasteiger partial charge < -0.3 is 10.6 Å². The van der Waals surface area contributed by atoms with Gasteiger partial charge in [-0.25, -0.2) is 13.1 Å². The Labute approximate surface area is 100 Å². The maximum atomic E-state index is 11.4. The molecule has 0 heterocycles. The topological polar surface area (TPSA) is 70.2 Å². The van der Waals surface area contributed by atoms with Crippen LogP contribution in [-0.2, 0) is 10.0 Å². The number of rotatable bonds is 3. The summed E-state index contributed by atoms with van der Waals surface area (Å²) >= 11 is 4.91. The summed E-state index contributed by atoms with van der Waals surface area (Å²) in [5.41, 5.74) is 0.731. The molecule has 0 saturated carbocycles. The van der Waals surface area contributed by atoms with E-state index < -0.39 is 10.0 Å². The Kier molecular flexibility index (Phi) is 4.22. The molecule has 0 aliphatic carbocycles. The van der Waals surface area contributed by atoms with Crippen molar-refractivity contribution in [3.8, 4) is 0 Å². The summed E-state index contributed by atoms with van der Waals surface area (Å²) in [6.45, 7) is 0. The fourth-order valence-electron chi connectivity index (χ4n) is 1.03. The second-order valence-electron chi connectivity index (χ2n) is 2.94. The third-order valence-corrected chi connectivity index (χ3v) is 3.65. The minimum atomic E-state index is -3.38. The molecule has 7 heteroatoms. The molecule has 0 unspecified atom stereocenters. The van der Waals surface area contributed by atoms with Crippen LogP contribution in [0.15, 0.2) is 29.2 Å². The highest BCUT2D eigenvalue weighted by Gasteiger charge is 2.10. The van der Waals surface area contributed by atoms with E-state index in [0.29, 0.717) is 5.11 Å². The van der Waals surface area contributed by atoms with Crippen LogP contribution in [0.3, 0.4) is 0 Å². The van der Waals surface area contributed by atoms with E-state index in [2.05, 4.69) is 15.4 Å². The van der Waals surface area contributed by atoms with Crippen LogP contribution in [-0.4, -0.2) is 27.6 Å². The zero-order valence-corrected chi connectivity index (χ0v) is 10.6. The third-order valence-electron chi connectivity index (χ3n) is 1.92. The quantitative estimate of drug-likeness (QED) is 0.690. The lowest BCUT2D eigenvalue weighted by Gasteiger charge is -2.07. The fraction of sp³-hybridized carbons (Fsp3) is 0.222. The highest BCUT2D eigenvalue weighted by molar-refractivity contribution is 7.89. The zero-order chi connectivity index (χ0) is 12.2. The van der Waals surface area contributed by atoms with Gasteiger partial charge in [0.1, 0.15) is 0 Å². The van der Waals surface area contributed by atoms with Crippen molar-refractivity contribution in [1.82, 2.24) is 10.0 Å². The molecule has 0 atom stereocenters. The predicted molar refractivity (Wildman–Crippen MR) is 68.0 cm³/mol. The summed E-state index contributed by atoms with van der Waals surface area (Å²) in [5, 5.41) is 6.13.